The van der Waals surface area contributed by atoms with Gasteiger partial charge in [-0.25, -0.2) is 0 Å². The van der Waals surface area contributed by atoms with Gasteiger partial charge in [-0.3, -0.25) is 19.3 Å². The Morgan fingerprint density at radius 1 is 1.12 bits per heavy atom. The summed E-state index contributed by atoms with van der Waals surface area (Å²) in [5.41, 5.74) is 1.28. The maximum absolute atomic E-state index is 12.4. The first-order valence-corrected chi connectivity index (χ1v) is 8.98. The molecule has 0 atom stereocenters. The van der Waals surface area contributed by atoms with Gasteiger partial charge in [-0.1, -0.05) is 28.1 Å². The summed E-state index contributed by atoms with van der Waals surface area (Å²) in [6.07, 6.45) is 0.00704. The summed E-state index contributed by atoms with van der Waals surface area (Å²) in [6, 6.07) is 12.1. The van der Waals surface area contributed by atoms with Crippen molar-refractivity contribution in [1.29, 1.82) is 0 Å². The van der Waals surface area contributed by atoms with Gasteiger partial charge in [0.15, 0.2) is 0 Å². The van der Waals surface area contributed by atoms with Gasteiger partial charge in [0.25, 0.3) is 11.8 Å². The molecule has 26 heavy (non-hydrogen) atoms. The average molecular weight is 417 g/mol. The fraction of sp³-hybridized carbons (Fsp3) is 0.211. The highest BCUT2D eigenvalue weighted by Gasteiger charge is 2.35. The number of fused-ring (bicyclic) bond motifs is 1. The molecule has 0 radical (unpaired) electrons. The molecule has 3 amide bonds. The number of nitrogens with zero attached hydrogens (tertiary/aromatic N) is 1. The van der Waals surface area contributed by atoms with E-state index in [0.717, 1.165) is 9.37 Å². The van der Waals surface area contributed by atoms with Crippen LogP contribution in [0.2, 0.25) is 0 Å². The van der Waals surface area contributed by atoms with E-state index in [0.29, 0.717) is 29.2 Å². The van der Waals surface area contributed by atoms with Crippen molar-refractivity contribution in [2.75, 3.05) is 18.5 Å². The summed E-state index contributed by atoms with van der Waals surface area (Å²) in [5.74, 6) is -0.474. The highest BCUT2D eigenvalue weighted by Crippen LogP contribution is 2.27. The maximum Gasteiger partial charge on any atom is 0.261 e. The second-order valence-corrected chi connectivity index (χ2v) is 6.59. The molecule has 0 unspecified atom stereocenters. The lowest BCUT2D eigenvalue weighted by atomic mass is 10.1. The molecule has 7 heteroatoms. The first kappa shape index (κ1) is 18.1. The number of halogens is 1. The zero-order valence-corrected chi connectivity index (χ0v) is 15.7. The lowest BCUT2D eigenvalue weighted by Crippen LogP contribution is -2.32. The Hall–Kier alpha value is -2.67. The predicted molar refractivity (Wildman–Crippen MR) is 100 cm³/mol. The quantitative estimate of drug-likeness (QED) is 0.731. The zero-order chi connectivity index (χ0) is 18.7. The highest BCUT2D eigenvalue weighted by atomic mass is 79.9. The average Bonchev–Trinajstić information content (AvgIpc) is 2.85. The summed E-state index contributed by atoms with van der Waals surface area (Å²) in [4.78, 5) is 38.1. The number of para-hydroxylation sites is 2. The van der Waals surface area contributed by atoms with Crippen LogP contribution >= 0.6 is 15.9 Å². The largest absolute Gasteiger partial charge is 0.492 e. The van der Waals surface area contributed by atoms with E-state index in [-0.39, 0.29) is 30.7 Å². The van der Waals surface area contributed by atoms with Gasteiger partial charge in [0, 0.05) is 17.4 Å². The lowest BCUT2D eigenvalue weighted by Gasteiger charge is -2.14. The third-order valence-electron chi connectivity index (χ3n) is 3.96. The number of hydrogen-bond acceptors (Lipinski definition) is 4. The minimum absolute atomic E-state index is 0.00704. The van der Waals surface area contributed by atoms with E-state index >= 15 is 0 Å². The van der Waals surface area contributed by atoms with Crippen LogP contribution < -0.4 is 10.1 Å². The van der Waals surface area contributed by atoms with Crippen LogP contribution in [0.3, 0.4) is 0 Å². The number of carbonyl (C=O) groups excluding carboxylic acids is 3. The van der Waals surface area contributed by atoms with E-state index in [2.05, 4.69) is 21.2 Å². The van der Waals surface area contributed by atoms with Crippen LogP contribution in [0.1, 0.15) is 34.1 Å². The Morgan fingerprint density at radius 2 is 1.85 bits per heavy atom. The van der Waals surface area contributed by atoms with Gasteiger partial charge in [-0.15, -0.1) is 0 Å². The van der Waals surface area contributed by atoms with Crippen LogP contribution in [0.15, 0.2) is 46.9 Å². The summed E-state index contributed by atoms with van der Waals surface area (Å²) in [7, 11) is 0. The van der Waals surface area contributed by atoms with Gasteiger partial charge in [-0.05, 0) is 37.3 Å². The molecular formula is C19H17BrN2O4. The Morgan fingerprint density at radius 3 is 2.62 bits per heavy atom. The molecule has 1 N–H and O–H groups in total. The van der Waals surface area contributed by atoms with Crippen molar-refractivity contribution in [3.05, 3.63) is 58.1 Å². The summed E-state index contributed by atoms with van der Waals surface area (Å²) in [5, 5.41) is 2.76. The van der Waals surface area contributed by atoms with Gasteiger partial charge in [0.05, 0.1) is 23.4 Å². The number of rotatable bonds is 6. The first-order chi connectivity index (χ1) is 12.5. The van der Waals surface area contributed by atoms with Crippen LogP contribution in [-0.4, -0.2) is 35.8 Å². The van der Waals surface area contributed by atoms with Crippen molar-refractivity contribution in [3.8, 4) is 5.75 Å². The fourth-order valence-electron chi connectivity index (χ4n) is 2.74. The molecule has 6 nitrogen and oxygen atoms in total. The van der Waals surface area contributed by atoms with Crippen LogP contribution in [-0.2, 0) is 4.79 Å². The summed E-state index contributed by atoms with van der Waals surface area (Å²) in [6.45, 7) is 2.36. The molecule has 2 aromatic carbocycles. The Labute approximate surface area is 159 Å². The Bertz CT molecular complexity index is 882. The Balaban J connectivity index is 1.64. The Kier molecular flexibility index (Phi) is 5.37. The molecule has 0 fully saturated rings. The van der Waals surface area contributed by atoms with Crippen LogP contribution in [0.5, 0.6) is 5.75 Å². The van der Waals surface area contributed by atoms with E-state index in [9.17, 15) is 14.4 Å². The van der Waals surface area contributed by atoms with Gasteiger partial charge in [0.2, 0.25) is 5.91 Å². The molecule has 1 aliphatic heterocycles. The van der Waals surface area contributed by atoms with Crippen LogP contribution in [0, 0.1) is 0 Å². The summed E-state index contributed by atoms with van der Waals surface area (Å²) < 4.78 is 6.19. The molecule has 0 spiro atoms. The van der Waals surface area contributed by atoms with Crippen LogP contribution in [0.25, 0.3) is 0 Å². The number of carbonyl (C=O) groups is 3. The van der Waals surface area contributed by atoms with Crippen LogP contribution in [0.4, 0.5) is 5.69 Å². The third-order valence-corrected chi connectivity index (χ3v) is 4.45. The van der Waals surface area contributed by atoms with Crippen molar-refractivity contribution in [3.63, 3.8) is 0 Å². The predicted octanol–water partition coefficient (Wildman–Crippen LogP) is 3.47. The molecule has 0 bridgehead atoms. The molecule has 0 saturated heterocycles. The summed E-state index contributed by atoms with van der Waals surface area (Å²) >= 11 is 3.29. The highest BCUT2D eigenvalue weighted by molar-refractivity contribution is 9.10. The molecule has 0 aromatic heterocycles. The van der Waals surface area contributed by atoms with Crippen molar-refractivity contribution in [2.45, 2.75) is 13.3 Å². The molecule has 1 heterocycles. The van der Waals surface area contributed by atoms with E-state index in [1.54, 1.807) is 36.4 Å². The second-order valence-electron chi connectivity index (χ2n) is 5.68. The lowest BCUT2D eigenvalue weighted by molar-refractivity contribution is -0.116. The van der Waals surface area contributed by atoms with Gasteiger partial charge >= 0.3 is 0 Å². The van der Waals surface area contributed by atoms with Crippen molar-refractivity contribution >= 4 is 39.3 Å². The normalized spacial score (nSPS) is 12.9. The molecule has 0 saturated carbocycles. The van der Waals surface area contributed by atoms with E-state index in [1.807, 2.05) is 13.0 Å². The monoisotopic (exact) mass is 416 g/mol. The fourth-order valence-corrected chi connectivity index (χ4v) is 3.10. The smallest absolute Gasteiger partial charge is 0.261 e. The minimum atomic E-state index is -0.381. The van der Waals surface area contributed by atoms with Crippen molar-refractivity contribution in [2.24, 2.45) is 0 Å². The number of anilines is 1. The second kappa shape index (κ2) is 7.70. The molecule has 1 aliphatic rings. The van der Waals surface area contributed by atoms with Crippen molar-refractivity contribution < 1.29 is 19.1 Å². The topological polar surface area (TPSA) is 75.7 Å². The van der Waals surface area contributed by atoms with E-state index in [4.69, 9.17) is 4.74 Å². The van der Waals surface area contributed by atoms with E-state index < -0.39 is 0 Å². The number of hydrogen-bond donors (Lipinski definition) is 1. The van der Waals surface area contributed by atoms with Crippen molar-refractivity contribution in [1.82, 2.24) is 4.90 Å². The minimum Gasteiger partial charge on any atom is -0.492 e. The number of nitrogens with one attached hydrogen (secondary N) is 1. The van der Waals surface area contributed by atoms with Gasteiger partial charge in [-0.2, -0.15) is 0 Å². The first-order valence-electron chi connectivity index (χ1n) is 8.18. The third kappa shape index (κ3) is 3.62. The number of amides is 3. The standard InChI is InChI=1S/C19H17BrN2O4/c1-2-26-16-6-4-3-5-15(16)21-17(23)9-10-22-18(24)13-8-7-12(20)11-14(13)19(22)25/h3-8,11H,2,9-10H2,1H3,(H,21,23). The molecule has 2 aromatic rings. The van der Waals surface area contributed by atoms with E-state index in [1.165, 1.54) is 0 Å². The molecule has 134 valence electrons. The van der Waals surface area contributed by atoms with Gasteiger partial charge in [0.1, 0.15) is 5.75 Å². The molecular weight excluding hydrogens is 400 g/mol. The molecule has 0 aliphatic carbocycles. The molecule has 3 rings (SSSR count). The number of ether oxygens (including phenoxy) is 1. The zero-order valence-electron chi connectivity index (χ0n) is 14.1. The SMILES string of the molecule is CCOc1ccccc1NC(=O)CCN1C(=O)c2ccc(Br)cc2C1=O. The number of benzene rings is 2. The maximum atomic E-state index is 12.4. The number of imide groups is 1. The van der Waals surface area contributed by atoms with Gasteiger partial charge < -0.3 is 10.1 Å².